The summed E-state index contributed by atoms with van der Waals surface area (Å²) in [4.78, 5) is 18.2. The average molecular weight is 273 g/mol. The minimum atomic E-state index is -0.402. The lowest BCUT2D eigenvalue weighted by Gasteiger charge is -2.40. The fraction of sp³-hybridized carbons (Fsp3) is 0.562. The summed E-state index contributed by atoms with van der Waals surface area (Å²) >= 11 is 0. The van der Waals surface area contributed by atoms with Crippen LogP contribution in [-0.4, -0.2) is 18.8 Å². The highest BCUT2D eigenvalue weighted by atomic mass is 16.7. The van der Waals surface area contributed by atoms with Gasteiger partial charge >= 0.3 is 6.09 Å². The van der Waals surface area contributed by atoms with Crippen LogP contribution in [-0.2, 0) is 9.57 Å². The minimum absolute atomic E-state index is 0.146. The van der Waals surface area contributed by atoms with Gasteiger partial charge in [-0.1, -0.05) is 18.2 Å². The summed E-state index contributed by atoms with van der Waals surface area (Å²) in [7, 11) is 0. The molecule has 1 aromatic rings. The lowest BCUT2D eigenvalue weighted by atomic mass is 9.80. The maximum atomic E-state index is 12.1. The Hall–Kier alpha value is -1.55. The number of hydrogen-bond acceptors (Lipinski definition) is 3. The van der Waals surface area contributed by atoms with Gasteiger partial charge in [0.2, 0.25) is 0 Å². The molecule has 1 heterocycles. The van der Waals surface area contributed by atoms with Gasteiger partial charge in [0, 0.05) is 5.92 Å². The summed E-state index contributed by atoms with van der Waals surface area (Å²) in [6, 6.07) is 8.09. The number of nitrogens with zero attached hydrogens (tertiary/aromatic N) is 1. The zero-order valence-corrected chi connectivity index (χ0v) is 11.6. The van der Waals surface area contributed by atoms with Crippen LogP contribution in [0.15, 0.2) is 24.3 Å². The molecule has 2 bridgehead atoms. The van der Waals surface area contributed by atoms with E-state index in [4.69, 9.17) is 9.57 Å². The first-order valence-electron chi connectivity index (χ1n) is 7.52. The van der Waals surface area contributed by atoms with Crippen molar-refractivity contribution in [3.8, 4) is 0 Å². The van der Waals surface area contributed by atoms with Gasteiger partial charge in [0.05, 0.1) is 18.4 Å². The molecule has 2 saturated carbocycles. The predicted molar refractivity (Wildman–Crippen MR) is 74.4 cm³/mol. The number of carbonyl (C=O) groups excluding carboxylic acids is 1. The van der Waals surface area contributed by atoms with E-state index in [-0.39, 0.29) is 6.10 Å². The minimum Gasteiger partial charge on any atom is -0.448 e. The number of fused-ring (bicyclic) bond motifs is 7. The Labute approximate surface area is 118 Å². The summed E-state index contributed by atoms with van der Waals surface area (Å²) in [5.74, 6) is 1.77. The van der Waals surface area contributed by atoms with Gasteiger partial charge in [-0.2, -0.15) is 5.06 Å². The molecule has 2 aliphatic carbocycles. The molecule has 0 N–H and O–H groups in total. The number of amides is 1. The molecule has 0 saturated heterocycles. The van der Waals surface area contributed by atoms with Gasteiger partial charge in [0.1, 0.15) is 0 Å². The number of ether oxygens (including phenoxy) is 1. The van der Waals surface area contributed by atoms with E-state index < -0.39 is 6.09 Å². The van der Waals surface area contributed by atoms with E-state index in [9.17, 15) is 4.79 Å². The van der Waals surface area contributed by atoms with Crippen LogP contribution in [0.3, 0.4) is 0 Å². The van der Waals surface area contributed by atoms with E-state index in [1.807, 2.05) is 19.1 Å². The third-order valence-electron chi connectivity index (χ3n) is 5.02. The summed E-state index contributed by atoms with van der Waals surface area (Å²) in [6.45, 7) is 2.18. The van der Waals surface area contributed by atoms with Crippen LogP contribution in [0.1, 0.15) is 37.7 Å². The van der Waals surface area contributed by atoms with Crippen molar-refractivity contribution < 1.29 is 14.4 Å². The van der Waals surface area contributed by atoms with E-state index >= 15 is 0 Å². The highest BCUT2D eigenvalue weighted by Gasteiger charge is 2.53. The third-order valence-corrected chi connectivity index (χ3v) is 5.02. The van der Waals surface area contributed by atoms with Crippen molar-refractivity contribution in [3.63, 3.8) is 0 Å². The molecule has 0 radical (unpaired) electrons. The fourth-order valence-corrected chi connectivity index (χ4v) is 4.28. The molecule has 4 heteroatoms. The van der Waals surface area contributed by atoms with Crippen LogP contribution < -0.4 is 5.06 Å². The molecule has 106 valence electrons. The number of para-hydroxylation sites is 1. The Balaban J connectivity index is 1.75. The Morgan fingerprint density at radius 2 is 2.15 bits per heavy atom. The Morgan fingerprint density at radius 3 is 3.00 bits per heavy atom. The normalized spacial score (nSPS) is 33.8. The first-order chi connectivity index (χ1) is 9.79. The molecule has 0 aromatic heterocycles. The van der Waals surface area contributed by atoms with Crippen LogP contribution in [0.5, 0.6) is 0 Å². The Morgan fingerprint density at radius 1 is 1.35 bits per heavy atom. The quantitative estimate of drug-likeness (QED) is 0.786. The molecular weight excluding hydrogens is 254 g/mol. The molecule has 4 rings (SSSR count). The summed E-state index contributed by atoms with van der Waals surface area (Å²) in [6.07, 6.45) is 3.50. The summed E-state index contributed by atoms with van der Waals surface area (Å²) < 4.78 is 5.13. The van der Waals surface area contributed by atoms with Gasteiger partial charge in [-0.05, 0) is 49.7 Å². The van der Waals surface area contributed by atoms with Crippen LogP contribution >= 0.6 is 0 Å². The molecule has 4 atom stereocenters. The van der Waals surface area contributed by atoms with Gasteiger partial charge in [-0.3, -0.25) is 4.84 Å². The number of anilines is 1. The summed E-state index contributed by atoms with van der Waals surface area (Å²) in [5, 5.41) is 1.38. The molecule has 1 amide bonds. The van der Waals surface area contributed by atoms with Gasteiger partial charge in [0.25, 0.3) is 0 Å². The van der Waals surface area contributed by atoms with E-state index in [0.29, 0.717) is 18.4 Å². The zero-order chi connectivity index (χ0) is 13.7. The monoisotopic (exact) mass is 273 g/mol. The van der Waals surface area contributed by atoms with Crippen LogP contribution in [0.25, 0.3) is 0 Å². The first kappa shape index (κ1) is 12.2. The van der Waals surface area contributed by atoms with E-state index in [1.54, 1.807) is 0 Å². The van der Waals surface area contributed by atoms with Gasteiger partial charge in [0.15, 0.2) is 0 Å². The van der Waals surface area contributed by atoms with Crippen LogP contribution in [0.4, 0.5) is 10.5 Å². The molecule has 20 heavy (non-hydrogen) atoms. The van der Waals surface area contributed by atoms with Crippen LogP contribution in [0.2, 0.25) is 0 Å². The van der Waals surface area contributed by atoms with Gasteiger partial charge in [-0.25, -0.2) is 4.79 Å². The average Bonchev–Trinajstić information content (AvgIpc) is 3.08. The van der Waals surface area contributed by atoms with E-state index in [1.165, 1.54) is 29.9 Å². The van der Waals surface area contributed by atoms with E-state index in [2.05, 4.69) is 12.1 Å². The lowest BCUT2D eigenvalue weighted by Crippen LogP contribution is -2.45. The van der Waals surface area contributed by atoms with Crippen molar-refractivity contribution in [1.82, 2.24) is 0 Å². The molecule has 3 aliphatic rings. The first-order valence-corrected chi connectivity index (χ1v) is 7.52. The highest BCUT2D eigenvalue weighted by Crippen LogP contribution is 2.58. The zero-order valence-electron chi connectivity index (χ0n) is 11.6. The van der Waals surface area contributed by atoms with Crippen molar-refractivity contribution in [2.45, 2.75) is 38.2 Å². The highest BCUT2D eigenvalue weighted by molar-refractivity contribution is 5.87. The lowest BCUT2D eigenvalue weighted by molar-refractivity contribution is -0.0236. The maximum Gasteiger partial charge on any atom is 0.438 e. The fourth-order valence-electron chi connectivity index (χ4n) is 4.28. The number of benzene rings is 1. The maximum absolute atomic E-state index is 12.1. The second-order valence-electron chi connectivity index (χ2n) is 5.98. The topological polar surface area (TPSA) is 38.8 Å². The smallest absolute Gasteiger partial charge is 0.438 e. The van der Waals surface area contributed by atoms with Crippen molar-refractivity contribution in [1.29, 1.82) is 0 Å². The second-order valence-corrected chi connectivity index (χ2v) is 5.98. The van der Waals surface area contributed by atoms with Crippen LogP contribution in [0, 0.1) is 11.8 Å². The predicted octanol–water partition coefficient (Wildman–Crippen LogP) is 3.48. The van der Waals surface area contributed by atoms with Crippen molar-refractivity contribution in [2.75, 3.05) is 11.7 Å². The standard InChI is InChI=1S/C16H19NO3/c1-2-19-16(18)17-13-6-4-3-5-12(13)14-10-7-8-11(9-10)15(14)20-17/h3-6,10-11,14-15H,2,7-9H2,1H3/t10-,11+,14-,15-/m0/s1. The molecule has 2 fully saturated rings. The molecule has 1 aliphatic heterocycles. The molecular formula is C16H19NO3. The molecule has 0 unspecified atom stereocenters. The number of hydroxylamine groups is 1. The molecule has 4 nitrogen and oxygen atoms in total. The van der Waals surface area contributed by atoms with E-state index in [0.717, 1.165) is 11.6 Å². The number of carbonyl (C=O) groups is 1. The summed E-state index contributed by atoms with van der Waals surface area (Å²) in [5.41, 5.74) is 2.11. The Bertz CT molecular complexity index is 544. The Kier molecular flexibility index (Phi) is 2.74. The second kappa shape index (κ2) is 4.48. The van der Waals surface area contributed by atoms with Gasteiger partial charge < -0.3 is 4.74 Å². The third kappa shape index (κ3) is 1.61. The van der Waals surface area contributed by atoms with Gasteiger partial charge in [-0.15, -0.1) is 0 Å². The number of rotatable bonds is 1. The molecule has 0 spiro atoms. The largest absolute Gasteiger partial charge is 0.448 e. The van der Waals surface area contributed by atoms with Crippen molar-refractivity contribution in [2.24, 2.45) is 11.8 Å². The number of hydrogen-bond donors (Lipinski definition) is 0. The van der Waals surface area contributed by atoms with Crippen molar-refractivity contribution in [3.05, 3.63) is 29.8 Å². The molecule has 1 aromatic carbocycles. The SMILES string of the molecule is CCOC(=O)N1O[C@H]2[C@@H]3CC[C@@H](C3)[C@H]2c2ccccc21. The van der Waals surface area contributed by atoms with Crippen molar-refractivity contribution >= 4 is 11.8 Å².